The first-order chi connectivity index (χ1) is 15.1. The van der Waals surface area contributed by atoms with E-state index in [0.717, 1.165) is 12.0 Å². The number of rotatable bonds is 4. The Bertz CT molecular complexity index is 1180. The molecule has 0 bridgehead atoms. The highest BCUT2D eigenvalue weighted by atomic mass is 35.5. The number of halogens is 1. The summed E-state index contributed by atoms with van der Waals surface area (Å²) in [6, 6.07) is 3.01. The molecule has 3 heterocycles. The van der Waals surface area contributed by atoms with E-state index in [1.807, 2.05) is 32.8 Å². The fourth-order valence-corrected chi connectivity index (χ4v) is 4.61. The van der Waals surface area contributed by atoms with Crippen LogP contribution >= 0.6 is 11.6 Å². The van der Waals surface area contributed by atoms with E-state index in [-0.39, 0.29) is 28.1 Å². The number of hydrogen-bond donors (Lipinski definition) is 2. The van der Waals surface area contributed by atoms with Gasteiger partial charge in [-0.1, -0.05) is 11.6 Å². The van der Waals surface area contributed by atoms with Crippen molar-refractivity contribution in [2.45, 2.75) is 26.3 Å². The van der Waals surface area contributed by atoms with Gasteiger partial charge >= 0.3 is 0 Å². The number of anilines is 1. The fourth-order valence-electron chi connectivity index (χ4n) is 4.37. The van der Waals surface area contributed by atoms with Crippen molar-refractivity contribution in [3.63, 3.8) is 0 Å². The number of carbonyl (C=O) groups excluding carboxylic acids is 2. The number of aryl methyl sites for hydroxylation is 1. The first-order valence-corrected chi connectivity index (χ1v) is 10.6. The number of nitro groups is 1. The Morgan fingerprint density at radius 2 is 2.06 bits per heavy atom. The van der Waals surface area contributed by atoms with Crippen LogP contribution in [-0.2, 0) is 4.79 Å². The second kappa shape index (κ2) is 8.07. The maximum Gasteiger partial charge on any atom is 0.288 e. The van der Waals surface area contributed by atoms with Gasteiger partial charge in [0.15, 0.2) is 0 Å². The molecule has 0 aliphatic carbocycles. The van der Waals surface area contributed by atoms with Gasteiger partial charge in [-0.25, -0.2) is 0 Å². The van der Waals surface area contributed by atoms with Crippen LogP contribution in [-0.4, -0.2) is 64.7 Å². The van der Waals surface area contributed by atoms with Crippen LogP contribution in [0.4, 0.5) is 11.4 Å². The Morgan fingerprint density at radius 1 is 1.34 bits per heavy atom. The summed E-state index contributed by atoms with van der Waals surface area (Å²) in [5.74, 6) is -0.423. The number of fused-ring (bicyclic) bond motifs is 1. The standard InChI is InChI=1S/C22H24ClN5O4/c1-11-17(24-12(2)20(11)22(30)27-6-5-13(10-27)26(3)4)7-15-14-8-19(28(31)32)16(23)9-18(14)25-21(15)29/h7-9,13,24H,5-6,10H2,1-4H3,(H,25,29)/b15-7-/t13-/m0/s1. The summed E-state index contributed by atoms with van der Waals surface area (Å²) in [4.78, 5) is 43.7. The predicted molar refractivity (Wildman–Crippen MR) is 123 cm³/mol. The molecule has 10 heteroatoms. The van der Waals surface area contributed by atoms with E-state index in [1.54, 1.807) is 6.08 Å². The lowest BCUT2D eigenvalue weighted by Gasteiger charge is -2.20. The predicted octanol–water partition coefficient (Wildman–Crippen LogP) is 3.46. The zero-order chi connectivity index (χ0) is 23.3. The average molecular weight is 458 g/mol. The lowest BCUT2D eigenvalue weighted by molar-refractivity contribution is -0.384. The zero-order valence-corrected chi connectivity index (χ0v) is 19.0. The van der Waals surface area contributed by atoms with E-state index >= 15 is 0 Å². The van der Waals surface area contributed by atoms with Gasteiger partial charge in [-0.15, -0.1) is 0 Å². The number of carbonyl (C=O) groups is 2. The minimum atomic E-state index is -0.582. The van der Waals surface area contributed by atoms with Gasteiger partial charge < -0.3 is 20.1 Å². The quantitative estimate of drug-likeness (QED) is 0.415. The van der Waals surface area contributed by atoms with Gasteiger partial charge in [0.25, 0.3) is 17.5 Å². The normalized spacial score (nSPS) is 19.1. The van der Waals surface area contributed by atoms with Crippen molar-refractivity contribution in [2.24, 2.45) is 0 Å². The smallest absolute Gasteiger partial charge is 0.288 e. The molecule has 2 N–H and O–H groups in total. The molecule has 0 saturated carbocycles. The summed E-state index contributed by atoms with van der Waals surface area (Å²) >= 11 is 5.97. The Kier molecular flexibility index (Phi) is 5.56. The van der Waals surface area contributed by atoms with Crippen molar-refractivity contribution in [3.05, 3.63) is 55.3 Å². The molecule has 1 fully saturated rings. The highest BCUT2D eigenvalue weighted by Crippen LogP contribution is 2.40. The number of likely N-dealkylation sites (tertiary alicyclic amines) is 1. The summed E-state index contributed by atoms with van der Waals surface area (Å²) in [6.45, 7) is 5.03. The molecule has 1 aromatic carbocycles. The summed E-state index contributed by atoms with van der Waals surface area (Å²) in [5.41, 5.74) is 3.48. The van der Waals surface area contributed by atoms with Crippen molar-refractivity contribution >= 4 is 46.4 Å². The Labute approximate surface area is 190 Å². The van der Waals surface area contributed by atoms with Crippen LogP contribution < -0.4 is 5.32 Å². The molecule has 1 saturated heterocycles. The Balaban J connectivity index is 1.70. The monoisotopic (exact) mass is 457 g/mol. The number of amides is 2. The summed E-state index contributed by atoms with van der Waals surface area (Å²) in [7, 11) is 4.02. The highest BCUT2D eigenvalue weighted by Gasteiger charge is 2.32. The third kappa shape index (κ3) is 3.67. The lowest BCUT2D eigenvalue weighted by atomic mass is 10.0. The van der Waals surface area contributed by atoms with Crippen LogP contribution in [0, 0.1) is 24.0 Å². The molecule has 32 heavy (non-hydrogen) atoms. The molecular weight excluding hydrogens is 434 g/mol. The van der Waals surface area contributed by atoms with E-state index in [2.05, 4.69) is 15.2 Å². The van der Waals surface area contributed by atoms with Crippen LogP contribution in [0.25, 0.3) is 11.6 Å². The third-order valence-electron chi connectivity index (χ3n) is 6.23. The number of likely N-dealkylation sites (N-methyl/N-ethyl adjacent to an activating group) is 1. The largest absolute Gasteiger partial charge is 0.358 e. The van der Waals surface area contributed by atoms with E-state index in [1.165, 1.54) is 12.1 Å². The van der Waals surface area contributed by atoms with E-state index in [0.29, 0.717) is 47.3 Å². The minimum Gasteiger partial charge on any atom is -0.358 e. The molecule has 1 atom stereocenters. The van der Waals surface area contributed by atoms with Gasteiger partial charge in [0.2, 0.25) is 0 Å². The Morgan fingerprint density at radius 3 is 2.69 bits per heavy atom. The first-order valence-electron chi connectivity index (χ1n) is 10.2. The summed E-state index contributed by atoms with van der Waals surface area (Å²) in [6.07, 6.45) is 2.56. The van der Waals surface area contributed by atoms with E-state index < -0.39 is 4.92 Å². The van der Waals surface area contributed by atoms with Gasteiger partial charge in [-0.2, -0.15) is 0 Å². The topological polar surface area (TPSA) is 112 Å². The number of benzene rings is 1. The second-order valence-corrected chi connectivity index (χ2v) is 8.85. The van der Waals surface area contributed by atoms with Crippen molar-refractivity contribution in [1.29, 1.82) is 0 Å². The van der Waals surface area contributed by atoms with Crippen molar-refractivity contribution in [1.82, 2.24) is 14.8 Å². The van der Waals surface area contributed by atoms with Crippen LogP contribution in [0.5, 0.6) is 0 Å². The Hall–Kier alpha value is -3.17. The van der Waals surface area contributed by atoms with Gasteiger partial charge in [0, 0.05) is 42.1 Å². The highest BCUT2D eigenvalue weighted by molar-refractivity contribution is 6.37. The van der Waals surface area contributed by atoms with Crippen molar-refractivity contribution in [2.75, 3.05) is 32.5 Å². The molecule has 0 spiro atoms. The summed E-state index contributed by atoms with van der Waals surface area (Å²) < 4.78 is 0. The third-order valence-corrected chi connectivity index (χ3v) is 6.53. The van der Waals surface area contributed by atoms with Crippen LogP contribution in [0.2, 0.25) is 5.02 Å². The molecular formula is C22H24ClN5O4. The maximum absolute atomic E-state index is 13.2. The number of nitro benzene ring substituents is 1. The molecule has 0 radical (unpaired) electrons. The molecule has 168 valence electrons. The van der Waals surface area contributed by atoms with Gasteiger partial charge in [0.05, 0.1) is 21.7 Å². The number of aromatic amines is 1. The first kappa shape index (κ1) is 22.0. The van der Waals surface area contributed by atoms with Gasteiger partial charge in [-0.05, 0) is 52.1 Å². The van der Waals surface area contributed by atoms with Crippen molar-refractivity contribution < 1.29 is 14.5 Å². The van der Waals surface area contributed by atoms with Crippen molar-refractivity contribution in [3.8, 4) is 0 Å². The number of hydrogen-bond acceptors (Lipinski definition) is 5. The molecule has 4 rings (SSSR count). The summed E-state index contributed by atoms with van der Waals surface area (Å²) in [5, 5.41) is 13.9. The average Bonchev–Trinajstić information content (AvgIpc) is 3.38. The van der Waals surface area contributed by atoms with Gasteiger partial charge in [-0.3, -0.25) is 19.7 Å². The zero-order valence-electron chi connectivity index (χ0n) is 18.3. The second-order valence-electron chi connectivity index (χ2n) is 8.44. The lowest BCUT2D eigenvalue weighted by Crippen LogP contribution is -2.34. The van der Waals surface area contributed by atoms with Crippen LogP contribution in [0.1, 0.15) is 39.3 Å². The number of nitrogens with one attached hydrogen (secondary N) is 2. The fraction of sp³-hybridized carbons (Fsp3) is 0.364. The SMILES string of the molecule is Cc1[nH]c(/C=C2\C(=O)Nc3cc(Cl)c([N+](=O)[O-])cc32)c(C)c1C(=O)N1CC[C@H](N(C)C)C1. The minimum absolute atomic E-state index is 0.0380. The van der Waals surface area contributed by atoms with Crippen LogP contribution in [0.15, 0.2) is 12.1 Å². The van der Waals surface area contributed by atoms with E-state index in [9.17, 15) is 19.7 Å². The number of aromatic nitrogens is 1. The number of nitrogens with zero attached hydrogens (tertiary/aromatic N) is 3. The van der Waals surface area contributed by atoms with Gasteiger partial charge in [0.1, 0.15) is 5.02 Å². The maximum atomic E-state index is 13.2. The molecule has 9 nitrogen and oxygen atoms in total. The van der Waals surface area contributed by atoms with Crippen LogP contribution in [0.3, 0.4) is 0 Å². The van der Waals surface area contributed by atoms with E-state index in [4.69, 9.17) is 11.6 Å². The molecule has 2 aliphatic heterocycles. The number of H-pyrrole nitrogens is 1. The molecule has 2 aliphatic rings. The molecule has 2 aromatic rings. The molecule has 2 amide bonds. The molecule has 1 aromatic heterocycles. The molecule has 0 unspecified atom stereocenters.